The first-order valence-electron chi connectivity index (χ1n) is 8.07. The van der Waals surface area contributed by atoms with E-state index in [2.05, 4.69) is 55.2 Å². The fourth-order valence-corrected chi connectivity index (χ4v) is 3.34. The van der Waals surface area contributed by atoms with Gasteiger partial charge in [-0.05, 0) is 25.0 Å². The first-order valence-corrected chi connectivity index (χ1v) is 8.07. The molecule has 1 fully saturated rings. The molecule has 142 valence electrons. The van der Waals surface area contributed by atoms with Crippen LogP contribution < -0.4 is 0 Å². The Morgan fingerprint density at radius 2 is 1.17 bits per heavy atom. The quantitative estimate of drug-likeness (QED) is 0.447. The van der Waals surface area contributed by atoms with E-state index < -0.39 is 0 Å². The van der Waals surface area contributed by atoms with Crippen molar-refractivity contribution < 1.29 is 8.97 Å². The third kappa shape index (κ3) is 12.5. The van der Waals surface area contributed by atoms with E-state index in [0.29, 0.717) is 0 Å². The highest BCUT2D eigenvalue weighted by Crippen LogP contribution is 2.30. The van der Waals surface area contributed by atoms with Crippen molar-refractivity contribution in [2.24, 2.45) is 11.8 Å². The molecule has 0 radical (unpaired) electrons. The van der Waals surface area contributed by atoms with Gasteiger partial charge in [0.1, 0.15) is 0 Å². The summed E-state index contributed by atoms with van der Waals surface area (Å²) in [6.45, 7) is 16.8. The predicted octanol–water partition coefficient (Wildman–Crippen LogP) is 5.47. The minimum atomic E-state index is 0. The summed E-state index contributed by atoms with van der Waals surface area (Å²) in [5, 5.41) is 0. The molecule has 0 aliphatic carbocycles. The van der Waals surface area contributed by atoms with Gasteiger partial charge in [0.15, 0.2) is 0 Å². The van der Waals surface area contributed by atoms with Crippen LogP contribution in [0.5, 0.6) is 0 Å². The zero-order valence-corrected chi connectivity index (χ0v) is 14.9. The summed E-state index contributed by atoms with van der Waals surface area (Å²) in [6, 6.07) is 0. The second-order valence-electron chi connectivity index (χ2n) is 7.52. The van der Waals surface area contributed by atoms with E-state index >= 15 is 0 Å². The van der Waals surface area contributed by atoms with Gasteiger partial charge in [0, 0.05) is 11.8 Å². The Morgan fingerprint density at radius 3 is 1.39 bits per heavy atom. The van der Waals surface area contributed by atoms with Crippen molar-refractivity contribution >= 4 is 0 Å². The van der Waals surface area contributed by atoms with Gasteiger partial charge in [-0.3, -0.25) is 0 Å². The molecule has 23 heavy (non-hydrogen) atoms. The zero-order valence-electron chi connectivity index (χ0n) is 14.9. The number of rotatable bonds is 6. The summed E-state index contributed by atoms with van der Waals surface area (Å²) in [5.74, 6) is 1.99. The molecule has 1 rings (SSSR count). The Bertz CT molecular complexity index is 266. The van der Waals surface area contributed by atoms with E-state index in [1.165, 1.54) is 30.4 Å². The first kappa shape index (κ1) is 30.3. The molecule has 2 nitrogen and oxygen atoms in total. The molecule has 0 aromatic rings. The van der Waals surface area contributed by atoms with Gasteiger partial charge in [0.2, 0.25) is 0 Å². The molecule has 2 heteroatoms. The molecule has 1 heterocycles. The lowest BCUT2D eigenvalue weighted by Crippen LogP contribution is -2.39. The molecule has 1 aliphatic rings. The molecule has 0 amide bonds. The van der Waals surface area contributed by atoms with Crippen molar-refractivity contribution in [2.45, 2.75) is 49.0 Å². The van der Waals surface area contributed by atoms with Crippen molar-refractivity contribution in [3.05, 3.63) is 25.3 Å². The molecule has 2 atom stereocenters. The Morgan fingerprint density at radius 1 is 0.870 bits per heavy atom. The average molecular weight is 331 g/mol. The Balaban J connectivity index is -0.000000141. The topological polar surface area (TPSA) is 0 Å². The van der Waals surface area contributed by atoms with Crippen LogP contribution in [0.3, 0.4) is 0 Å². The number of quaternary nitrogens is 2. The van der Waals surface area contributed by atoms with E-state index in [1.807, 2.05) is 12.2 Å². The number of hydrogen-bond donors (Lipinski definition) is 0. The Hall–Kier alpha value is -0.600. The highest BCUT2D eigenvalue weighted by molar-refractivity contribution is 4.73. The third-order valence-electron chi connectivity index (χ3n) is 4.42. The van der Waals surface area contributed by atoms with E-state index in [-0.39, 0.29) is 22.3 Å². The van der Waals surface area contributed by atoms with Crippen LogP contribution in [0.15, 0.2) is 25.3 Å². The minimum Gasteiger partial charge on any atom is -0.328 e. The first-order chi connectivity index (χ1) is 9.21. The van der Waals surface area contributed by atoms with Gasteiger partial charge >= 0.3 is 0 Å². The van der Waals surface area contributed by atoms with Crippen LogP contribution in [0.2, 0.25) is 0 Å². The summed E-state index contributed by atoms with van der Waals surface area (Å²) >= 11 is 0. The summed E-state index contributed by atoms with van der Waals surface area (Å²) in [6.07, 6.45) is 6.62. The second kappa shape index (κ2) is 13.8. The maximum Gasteiger partial charge on any atom is 0.0969 e. The van der Waals surface area contributed by atoms with E-state index in [1.54, 1.807) is 0 Å². The van der Waals surface area contributed by atoms with Crippen molar-refractivity contribution in [3.8, 4) is 0 Å². The minimum absolute atomic E-state index is 0. The molecule has 1 aliphatic heterocycles. The lowest BCUT2D eigenvalue weighted by Gasteiger charge is -2.26. The molecule has 0 N–H and O–H groups in total. The molecular weight excluding hydrogens is 280 g/mol. The van der Waals surface area contributed by atoms with Crippen molar-refractivity contribution in [1.29, 1.82) is 0 Å². The normalized spacial score (nSPS) is 21.5. The van der Waals surface area contributed by atoms with Crippen LogP contribution in [-0.2, 0) is 0 Å². The maximum absolute atomic E-state index is 3.68. The van der Waals surface area contributed by atoms with Crippen LogP contribution in [0, 0.1) is 11.8 Å². The summed E-state index contributed by atoms with van der Waals surface area (Å²) in [5.41, 5.74) is 0. The number of nitrogens with zero attached hydrogens (tertiary/aromatic N) is 2. The highest BCUT2D eigenvalue weighted by Gasteiger charge is 2.37. The van der Waals surface area contributed by atoms with Crippen molar-refractivity contribution in [2.75, 3.05) is 54.4 Å². The van der Waals surface area contributed by atoms with Crippen molar-refractivity contribution in [3.63, 3.8) is 0 Å². The summed E-state index contributed by atoms with van der Waals surface area (Å²) in [7, 11) is 9.03. The molecule has 0 aromatic heterocycles. The zero-order chi connectivity index (χ0) is 15.8. The molecular formula is C21H50N2+2. The monoisotopic (exact) mass is 330 g/mol. The van der Waals surface area contributed by atoms with Gasteiger partial charge in [0.05, 0.1) is 54.4 Å². The third-order valence-corrected chi connectivity index (χ3v) is 4.42. The standard InChI is InChI=1S/C10H22N.C8H16N.3CH4/c1-5-9-7-11(3,4)8-10(9)6-2;1-5-7-9(3,4)8-6-2;;;/h9-10H,5-8H2,1-4H3;5-6H,1-2,7-8H2,3-4H3;3*1H4/q2*+1;;;. The summed E-state index contributed by atoms with van der Waals surface area (Å²) in [4.78, 5) is 0. The van der Waals surface area contributed by atoms with Crippen molar-refractivity contribution in [1.82, 2.24) is 0 Å². The van der Waals surface area contributed by atoms with Gasteiger partial charge < -0.3 is 8.97 Å². The van der Waals surface area contributed by atoms with Gasteiger partial charge in [-0.15, -0.1) is 0 Å². The van der Waals surface area contributed by atoms with Gasteiger partial charge in [0.25, 0.3) is 0 Å². The molecule has 0 bridgehead atoms. The van der Waals surface area contributed by atoms with Crippen LogP contribution >= 0.6 is 0 Å². The smallest absolute Gasteiger partial charge is 0.0969 e. The van der Waals surface area contributed by atoms with E-state index in [4.69, 9.17) is 0 Å². The number of hydrogen-bond acceptors (Lipinski definition) is 0. The fraction of sp³-hybridized carbons (Fsp3) is 0.810. The Kier molecular flexibility index (Phi) is 18.2. The van der Waals surface area contributed by atoms with E-state index in [9.17, 15) is 0 Å². The Labute approximate surface area is 150 Å². The van der Waals surface area contributed by atoms with Gasteiger partial charge in [-0.2, -0.15) is 0 Å². The van der Waals surface area contributed by atoms with Crippen LogP contribution in [0.25, 0.3) is 0 Å². The molecule has 2 unspecified atom stereocenters. The maximum atomic E-state index is 3.68. The van der Waals surface area contributed by atoms with E-state index in [0.717, 1.165) is 29.4 Å². The van der Waals surface area contributed by atoms with Gasteiger partial charge in [-0.25, -0.2) is 0 Å². The SMILES string of the molecule is C.C.C.C=CC[N+](C)(C)CC=C.CCC1C[N+](C)(C)CC1CC. The largest absolute Gasteiger partial charge is 0.328 e. The molecule has 1 saturated heterocycles. The van der Waals surface area contributed by atoms with Crippen LogP contribution in [-0.4, -0.2) is 63.3 Å². The molecule has 0 aromatic carbocycles. The molecule has 0 saturated carbocycles. The lowest BCUT2D eigenvalue weighted by atomic mass is 9.92. The summed E-state index contributed by atoms with van der Waals surface area (Å²) < 4.78 is 2.20. The van der Waals surface area contributed by atoms with Crippen LogP contribution in [0.1, 0.15) is 49.0 Å². The highest BCUT2D eigenvalue weighted by atomic mass is 15.3. The average Bonchev–Trinajstić information content (AvgIpc) is 2.64. The second-order valence-corrected chi connectivity index (χ2v) is 7.52. The molecule has 0 spiro atoms. The number of likely N-dealkylation sites (tertiary alicyclic amines) is 1. The number of likely N-dealkylation sites (N-methyl/N-ethyl adjacent to an activating group) is 1. The lowest BCUT2D eigenvalue weighted by molar-refractivity contribution is -0.880. The van der Waals surface area contributed by atoms with Gasteiger partial charge in [-0.1, -0.05) is 49.3 Å². The fourth-order valence-electron chi connectivity index (χ4n) is 3.34. The van der Waals surface area contributed by atoms with Crippen LogP contribution in [0.4, 0.5) is 0 Å². The predicted molar refractivity (Wildman–Crippen MR) is 112 cm³/mol.